The van der Waals surface area contributed by atoms with E-state index >= 15 is 0 Å². The number of aromatic nitrogens is 3. The van der Waals surface area contributed by atoms with Crippen molar-refractivity contribution in [2.24, 2.45) is 0 Å². The van der Waals surface area contributed by atoms with Gasteiger partial charge in [-0.25, -0.2) is 19.7 Å². The summed E-state index contributed by atoms with van der Waals surface area (Å²) in [4.78, 5) is 26.3. The second-order valence-electron chi connectivity index (χ2n) is 7.68. The largest absolute Gasteiger partial charge is 0.444 e. The molecule has 0 bridgehead atoms. The summed E-state index contributed by atoms with van der Waals surface area (Å²) in [5.41, 5.74) is 1.38. The zero-order chi connectivity index (χ0) is 21.0. The first-order valence-electron chi connectivity index (χ1n) is 9.32. The van der Waals surface area contributed by atoms with E-state index < -0.39 is 11.7 Å². The number of carbonyl (C=O) groups excluding carboxylic acids is 1. The average Bonchev–Trinajstić information content (AvgIpc) is 3.10. The molecule has 1 unspecified atom stereocenters. The number of aryl methyl sites for hydroxylation is 1. The Bertz CT molecular complexity index is 996. The number of amides is 1. The van der Waals surface area contributed by atoms with Gasteiger partial charge in [-0.15, -0.1) is 11.3 Å². The highest BCUT2D eigenvalue weighted by Crippen LogP contribution is 2.29. The van der Waals surface area contributed by atoms with Crippen LogP contribution in [0.3, 0.4) is 0 Å². The summed E-state index contributed by atoms with van der Waals surface area (Å²) in [7, 11) is 0. The van der Waals surface area contributed by atoms with Crippen LogP contribution in [0.4, 0.5) is 16.4 Å². The Morgan fingerprint density at radius 1 is 1.17 bits per heavy atom. The first-order valence-corrected chi connectivity index (χ1v) is 10.1. The molecule has 1 amide bonds. The lowest BCUT2D eigenvalue weighted by molar-refractivity contribution is 0.0508. The smallest absolute Gasteiger partial charge is 0.408 e. The van der Waals surface area contributed by atoms with Crippen LogP contribution in [-0.4, -0.2) is 26.6 Å². The van der Waals surface area contributed by atoms with Crippen molar-refractivity contribution in [3.05, 3.63) is 53.3 Å². The molecular formula is C21H25N5O2S. The normalized spacial score (nSPS) is 12.3. The molecule has 2 N–H and O–H groups in total. The van der Waals surface area contributed by atoms with Crippen LogP contribution in [0.15, 0.2) is 42.7 Å². The van der Waals surface area contributed by atoms with Crippen molar-refractivity contribution < 1.29 is 9.53 Å². The highest BCUT2D eigenvalue weighted by atomic mass is 32.1. The van der Waals surface area contributed by atoms with Crippen molar-refractivity contribution in [1.82, 2.24) is 20.3 Å². The minimum absolute atomic E-state index is 0.263. The van der Waals surface area contributed by atoms with Gasteiger partial charge in [-0.2, -0.15) is 0 Å². The maximum Gasteiger partial charge on any atom is 0.408 e. The van der Waals surface area contributed by atoms with Crippen molar-refractivity contribution in [2.45, 2.75) is 46.3 Å². The molecule has 3 rings (SSSR count). The summed E-state index contributed by atoms with van der Waals surface area (Å²) in [6.07, 6.45) is 3.07. The van der Waals surface area contributed by atoms with Crippen LogP contribution < -0.4 is 10.6 Å². The van der Waals surface area contributed by atoms with E-state index in [4.69, 9.17) is 4.74 Å². The fourth-order valence-corrected chi connectivity index (χ4v) is 3.42. The second-order valence-corrected chi connectivity index (χ2v) is 8.74. The molecule has 3 aromatic rings. The third kappa shape index (κ3) is 5.99. The first-order chi connectivity index (χ1) is 13.7. The molecular weight excluding hydrogens is 386 g/mol. The van der Waals surface area contributed by atoms with Crippen molar-refractivity contribution in [3.8, 4) is 10.6 Å². The fraction of sp³-hybridized carbons (Fsp3) is 0.333. The van der Waals surface area contributed by atoms with Gasteiger partial charge in [0, 0.05) is 12.4 Å². The van der Waals surface area contributed by atoms with Crippen LogP contribution in [0.25, 0.3) is 10.6 Å². The summed E-state index contributed by atoms with van der Waals surface area (Å²) in [6.45, 7) is 9.39. The van der Waals surface area contributed by atoms with Gasteiger partial charge in [0.1, 0.15) is 22.2 Å². The van der Waals surface area contributed by atoms with Crippen molar-refractivity contribution in [1.29, 1.82) is 0 Å². The lowest BCUT2D eigenvalue weighted by Gasteiger charge is -2.21. The average molecular weight is 412 g/mol. The molecule has 0 saturated heterocycles. The number of pyridine rings is 2. The third-order valence-corrected chi connectivity index (χ3v) is 5.00. The second kappa shape index (κ2) is 8.57. The van der Waals surface area contributed by atoms with E-state index in [1.807, 2.05) is 65.0 Å². The van der Waals surface area contributed by atoms with E-state index in [0.717, 1.165) is 27.0 Å². The molecule has 0 aliphatic heterocycles. The number of ether oxygens (including phenoxy) is 1. The summed E-state index contributed by atoms with van der Waals surface area (Å²) in [5.74, 6) is 1.45. The number of thiazole rings is 1. The number of hydrogen-bond donors (Lipinski definition) is 2. The summed E-state index contributed by atoms with van der Waals surface area (Å²) >= 11 is 1.48. The number of nitrogens with zero attached hydrogens (tertiary/aromatic N) is 3. The molecule has 29 heavy (non-hydrogen) atoms. The third-order valence-electron chi connectivity index (χ3n) is 3.80. The molecule has 0 aromatic carbocycles. The molecule has 3 heterocycles. The van der Waals surface area contributed by atoms with E-state index in [1.165, 1.54) is 11.3 Å². The van der Waals surface area contributed by atoms with Crippen LogP contribution in [0, 0.1) is 6.92 Å². The van der Waals surface area contributed by atoms with Gasteiger partial charge in [0.2, 0.25) is 0 Å². The number of hydrogen-bond acceptors (Lipinski definition) is 7. The van der Waals surface area contributed by atoms with Crippen LogP contribution in [0.2, 0.25) is 0 Å². The zero-order valence-corrected chi connectivity index (χ0v) is 18.0. The Hall–Kier alpha value is -3.00. The number of alkyl carbamates (subject to hydrolysis) is 1. The number of anilines is 2. The standard InChI is InChI=1S/C21H25N5O2S/c1-13-9-10-22-18(11-13)26-17-8-6-7-15(25-17)16-12-23-19(29-16)14(2)24-20(27)28-21(3,4)5/h6-12,14H,1-5H3,(H,24,27)(H,22,25,26). The fourth-order valence-electron chi connectivity index (χ4n) is 2.53. The minimum atomic E-state index is -0.540. The number of nitrogens with one attached hydrogen (secondary N) is 2. The van der Waals surface area contributed by atoms with Crippen molar-refractivity contribution >= 4 is 29.1 Å². The summed E-state index contributed by atoms with van der Waals surface area (Å²) in [5, 5.41) is 6.82. The monoisotopic (exact) mass is 411 g/mol. The Morgan fingerprint density at radius 3 is 2.69 bits per heavy atom. The van der Waals surface area contributed by atoms with Gasteiger partial charge in [-0.3, -0.25) is 0 Å². The number of rotatable bonds is 5. The lowest BCUT2D eigenvalue weighted by Crippen LogP contribution is -2.33. The van der Waals surface area contributed by atoms with Gasteiger partial charge >= 0.3 is 6.09 Å². The van der Waals surface area contributed by atoms with E-state index in [2.05, 4.69) is 25.6 Å². The molecule has 0 aliphatic carbocycles. The predicted molar refractivity (Wildman–Crippen MR) is 115 cm³/mol. The quantitative estimate of drug-likeness (QED) is 0.597. The highest BCUT2D eigenvalue weighted by Gasteiger charge is 2.20. The minimum Gasteiger partial charge on any atom is -0.444 e. The molecule has 0 fully saturated rings. The highest BCUT2D eigenvalue weighted by molar-refractivity contribution is 7.15. The van der Waals surface area contributed by atoms with Gasteiger partial charge in [0.25, 0.3) is 0 Å². The van der Waals surface area contributed by atoms with Crippen LogP contribution in [0.1, 0.15) is 44.3 Å². The van der Waals surface area contributed by atoms with Crippen LogP contribution in [0.5, 0.6) is 0 Å². The molecule has 3 aromatic heterocycles. The van der Waals surface area contributed by atoms with E-state index in [-0.39, 0.29) is 6.04 Å². The van der Waals surface area contributed by atoms with Crippen LogP contribution in [-0.2, 0) is 4.74 Å². The predicted octanol–water partition coefficient (Wildman–Crippen LogP) is 5.24. The van der Waals surface area contributed by atoms with Crippen molar-refractivity contribution in [3.63, 3.8) is 0 Å². The van der Waals surface area contributed by atoms with Crippen LogP contribution >= 0.6 is 11.3 Å². The van der Waals surface area contributed by atoms with E-state index in [1.54, 1.807) is 12.4 Å². The maximum atomic E-state index is 12.0. The topological polar surface area (TPSA) is 89.0 Å². The molecule has 8 heteroatoms. The molecule has 152 valence electrons. The Kier molecular flexibility index (Phi) is 6.12. The molecule has 0 saturated carbocycles. The van der Waals surface area contributed by atoms with E-state index in [9.17, 15) is 4.79 Å². The summed E-state index contributed by atoms with van der Waals surface area (Å²) < 4.78 is 5.30. The van der Waals surface area contributed by atoms with Gasteiger partial charge < -0.3 is 15.4 Å². The zero-order valence-electron chi connectivity index (χ0n) is 17.2. The molecule has 1 atom stereocenters. The SMILES string of the molecule is Cc1ccnc(Nc2cccc(-c3cnc(C(C)NC(=O)OC(C)(C)C)s3)n2)c1. The first kappa shape index (κ1) is 20.7. The van der Waals surface area contributed by atoms with Gasteiger partial charge in [0.05, 0.1) is 16.6 Å². The maximum absolute atomic E-state index is 12.0. The molecule has 0 aliphatic rings. The summed E-state index contributed by atoms with van der Waals surface area (Å²) in [6, 6.07) is 9.40. The molecule has 0 radical (unpaired) electrons. The lowest BCUT2D eigenvalue weighted by atomic mass is 10.2. The van der Waals surface area contributed by atoms with Gasteiger partial charge in [-0.05, 0) is 64.4 Å². The Balaban J connectivity index is 1.70. The van der Waals surface area contributed by atoms with Gasteiger partial charge in [-0.1, -0.05) is 6.07 Å². The molecule has 0 spiro atoms. The molecule has 7 nitrogen and oxygen atoms in total. The van der Waals surface area contributed by atoms with E-state index in [0.29, 0.717) is 5.82 Å². The Morgan fingerprint density at radius 2 is 1.97 bits per heavy atom. The Labute approximate surface area is 174 Å². The van der Waals surface area contributed by atoms with Crippen molar-refractivity contribution in [2.75, 3.05) is 5.32 Å². The van der Waals surface area contributed by atoms with Gasteiger partial charge in [0.15, 0.2) is 0 Å². The number of carbonyl (C=O) groups is 1.